The number of halogens is 3. The molecule has 2 nitrogen and oxygen atoms in total. The summed E-state index contributed by atoms with van der Waals surface area (Å²) in [6, 6.07) is 10.0. The zero-order valence-electron chi connectivity index (χ0n) is 11.3. The molecule has 0 saturated carbocycles. The van der Waals surface area contributed by atoms with E-state index in [2.05, 4.69) is 5.32 Å². The van der Waals surface area contributed by atoms with Crippen LogP contribution in [-0.4, -0.2) is 14.1 Å². The SMILES string of the molecule is CN(C)c1ccc(Cl)cc1NCc1ccc(F)cc1Cl. The largest absolute Gasteiger partial charge is 0.379 e. The van der Waals surface area contributed by atoms with Gasteiger partial charge in [0.15, 0.2) is 0 Å². The van der Waals surface area contributed by atoms with Gasteiger partial charge in [-0.2, -0.15) is 0 Å². The first kappa shape index (κ1) is 14.9. The summed E-state index contributed by atoms with van der Waals surface area (Å²) in [4.78, 5) is 1.99. The van der Waals surface area contributed by atoms with E-state index in [1.54, 1.807) is 6.07 Å². The smallest absolute Gasteiger partial charge is 0.124 e. The summed E-state index contributed by atoms with van der Waals surface area (Å²) < 4.78 is 13.0. The van der Waals surface area contributed by atoms with Crippen LogP contribution in [0.25, 0.3) is 0 Å². The highest BCUT2D eigenvalue weighted by atomic mass is 35.5. The van der Waals surface area contributed by atoms with Gasteiger partial charge in [-0.1, -0.05) is 29.3 Å². The maximum absolute atomic E-state index is 13.0. The zero-order valence-corrected chi connectivity index (χ0v) is 12.8. The molecule has 20 heavy (non-hydrogen) atoms. The van der Waals surface area contributed by atoms with Gasteiger partial charge in [0.05, 0.1) is 11.4 Å². The van der Waals surface area contributed by atoms with Crippen molar-refractivity contribution in [3.63, 3.8) is 0 Å². The molecule has 2 rings (SSSR count). The molecule has 0 aromatic heterocycles. The Hall–Kier alpha value is -1.45. The summed E-state index contributed by atoms with van der Waals surface area (Å²) in [5.74, 6) is -0.338. The molecule has 2 aromatic carbocycles. The molecule has 0 aliphatic carbocycles. The molecule has 106 valence electrons. The van der Waals surface area contributed by atoms with E-state index in [1.807, 2.05) is 37.2 Å². The third-order valence-corrected chi connectivity index (χ3v) is 3.51. The fourth-order valence-corrected chi connectivity index (χ4v) is 2.30. The summed E-state index contributed by atoms with van der Waals surface area (Å²) in [6.45, 7) is 0.500. The Morgan fingerprint density at radius 3 is 2.50 bits per heavy atom. The number of benzene rings is 2. The fourth-order valence-electron chi connectivity index (χ4n) is 1.90. The van der Waals surface area contributed by atoms with E-state index in [0.717, 1.165) is 16.9 Å². The minimum absolute atomic E-state index is 0.338. The molecule has 0 bridgehead atoms. The average molecular weight is 313 g/mol. The van der Waals surface area contributed by atoms with Gasteiger partial charge in [0.2, 0.25) is 0 Å². The average Bonchev–Trinajstić information content (AvgIpc) is 2.37. The Morgan fingerprint density at radius 2 is 1.85 bits per heavy atom. The molecular weight excluding hydrogens is 298 g/mol. The van der Waals surface area contributed by atoms with Crippen molar-refractivity contribution in [1.82, 2.24) is 0 Å². The lowest BCUT2D eigenvalue weighted by atomic mass is 10.2. The Balaban J connectivity index is 2.20. The molecule has 1 N–H and O–H groups in total. The first-order chi connectivity index (χ1) is 9.47. The van der Waals surface area contributed by atoms with Crippen LogP contribution in [0.2, 0.25) is 10.0 Å². The highest BCUT2D eigenvalue weighted by molar-refractivity contribution is 6.31. The van der Waals surface area contributed by atoms with Crippen molar-refractivity contribution in [2.75, 3.05) is 24.3 Å². The van der Waals surface area contributed by atoms with Crippen molar-refractivity contribution in [1.29, 1.82) is 0 Å². The van der Waals surface area contributed by atoms with Crippen LogP contribution < -0.4 is 10.2 Å². The molecule has 0 amide bonds. The van der Waals surface area contributed by atoms with Crippen LogP contribution in [0.4, 0.5) is 15.8 Å². The van der Waals surface area contributed by atoms with Gasteiger partial charge in [-0.05, 0) is 35.9 Å². The zero-order chi connectivity index (χ0) is 14.7. The van der Waals surface area contributed by atoms with Crippen LogP contribution in [0.15, 0.2) is 36.4 Å². The van der Waals surface area contributed by atoms with Crippen LogP contribution in [0.5, 0.6) is 0 Å². The maximum Gasteiger partial charge on any atom is 0.124 e. The molecule has 0 radical (unpaired) electrons. The molecule has 0 saturated heterocycles. The van der Waals surface area contributed by atoms with Crippen molar-refractivity contribution in [3.8, 4) is 0 Å². The highest BCUT2D eigenvalue weighted by Gasteiger charge is 2.07. The van der Waals surface area contributed by atoms with Gasteiger partial charge in [0.25, 0.3) is 0 Å². The summed E-state index contributed by atoms with van der Waals surface area (Å²) in [5.41, 5.74) is 2.76. The second kappa shape index (κ2) is 6.33. The normalized spacial score (nSPS) is 10.4. The van der Waals surface area contributed by atoms with Gasteiger partial charge < -0.3 is 10.2 Å². The molecule has 0 aliphatic rings. The Morgan fingerprint density at radius 1 is 1.10 bits per heavy atom. The third-order valence-electron chi connectivity index (χ3n) is 2.92. The van der Waals surface area contributed by atoms with E-state index in [9.17, 15) is 4.39 Å². The first-order valence-corrected chi connectivity index (χ1v) is 6.87. The number of anilines is 2. The van der Waals surface area contributed by atoms with E-state index < -0.39 is 0 Å². The van der Waals surface area contributed by atoms with Gasteiger partial charge in [-0.15, -0.1) is 0 Å². The molecular formula is C15H15Cl2FN2. The lowest BCUT2D eigenvalue weighted by Crippen LogP contribution is -2.12. The number of hydrogen-bond donors (Lipinski definition) is 1. The fraction of sp³-hybridized carbons (Fsp3) is 0.200. The first-order valence-electron chi connectivity index (χ1n) is 6.12. The molecule has 2 aromatic rings. The number of hydrogen-bond acceptors (Lipinski definition) is 2. The summed E-state index contributed by atoms with van der Waals surface area (Å²) in [6.07, 6.45) is 0. The maximum atomic E-state index is 13.0. The molecule has 0 atom stereocenters. The van der Waals surface area contributed by atoms with Crippen molar-refractivity contribution >= 4 is 34.6 Å². The molecule has 0 spiro atoms. The van der Waals surface area contributed by atoms with Crippen molar-refractivity contribution < 1.29 is 4.39 Å². The van der Waals surface area contributed by atoms with Gasteiger partial charge >= 0.3 is 0 Å². The van der Waals surface area contributed by atoms with Crippen molar-refractivity contribution in [2.24, 2.45) is 0 Å². The highest BCUT2D eigenvalue weighted by Crippen LogP contribution is 2.29. The van der Waals surface area contributed by atoms with Crippen LogP contribution in [-0.2, 0) is 6.54 Å². The summed E-state index contributed by atoms with van der Waals surface area (Å²) in [7, 11) is 3.92. The predicted molar refractivity (Wildman–Crippen MR) is 84.5 cm³/mol. The van der Waals surface area contributed by atoms with E-state index >= 15 is 0 Å². The quantitative estimate of drug-likeness (QED) is 0.871. The van der Waals surface area contributed by atoms with E-state index in [4.69, 9.17) is 23.2 Å². The van der Waals surface area contributed by atoms with Crippen molar-refractivity contribution in [2.45, 2.75) is 6.54 Å². The third kappa shape index (κ3) is 3.56. The standard InChI is InChI=1S/C15H15Cl2FN2/c1-20(2)15-6-4-11(16)7-14(15)19-9-10-3-5-12(18)8-13(10)17/h3-8,19H,9H2,1-2H3. The minimum Gasteiger partial charge on any atom is -0.379 e. The van der Waals surface area contributed by atoms with Crippen LogP contribution in [0.3, 0.4) is 0 Å². The Bertz CT molecular complexity index is 615. The van der Waals surface area contributed by atoms with Gasteiger partial charge in [-0.3, -0.25) is 0 Å². The summed E-state index contributed by atoms with van der Waals surface area (Å²) >= 11 is 12.0. The van der Waals surface area contributed by atoms with E-state index in [0.29, 0.717) is 16.6 Å². The molecule has 0 aliphatic heterocycles. The van der Waals surface area contributed by atoms with E-state index in [-0.39, 0.29) is 5.82 Å². The monoisotopic (exact) mass is 312 g/mol. The number of nitrogens with one attached hydrogen (secondary N) is 1. The molecule has 5 heteroatoms. The number of nitrogens with zero attached hydrogens (tertiary/aromatic N) is 1. The lowest BCUT2D eigenvalue weighted by Gasteiger charge is -2.19. The second-order valence-electron chi connectivity index (χ2n) is 4.65. The lowest BCUT2D eigenvalue weighted by molar-refractivity contribution is 0.627. The molecule has 0 fully saturated rings. The van der Waals surface area contributed by atoms with Gasteiger partial charge in [0.1, 0.15) is 5.82 Å². The van der Waals surface area contributed by atoms with Crippen LogP contribution in [0, 0.1) is 5.82 Å². The Kier molecular flexibility index (Phi) is 4.73. The summed E-state index contributed by atoms with van der Waals surface area (Å²) in [5, 5.41) is 4.34. The topological polar surface area (TPSA) is 15.3 Å². The predicted octanol–water partition coefficient (Wildman–Crippen LogP) is 4.81. The van der Waals surface area contributed by atoms with Crippen molar-refractivity contribution in [3.05, 3.63) is 57.8 Å². The van der Waals surface area contributed by atoms with Crippen LogP contribution >= 0.6 is 23.2 Å². The second-order valence-corrected chi connectivity index (χ2v) is 5.49. The van der Waals surface area contributed by atoms with Gasteiger partial charge in [0, 0.05) is 30.7 Å². The number of rotatable bonds is 4. The van der Waals surface area contributed by atoms with E-state index in [1.165, 1.54) is 12.1 Å². The minimum atomic E-state index is -0.338. The molecule has 0 unspecified atom stereocenters. The molecule has 0 heterocycles. The Labute approximate surface area is 128 Å². The van der Waals surface area contributed by atoms with Crippen LogP contribution in [0.1, 0.15) is 5.56 Å². The van der Waals surface area contributed by atoms with Gasteiger partial charge in [-0.25, -0.2) is 4.39 Å².